The van der Waals surface area contributed by atoms with Gasteiger partial charge in [0.1, 0.15) is 0 Å². The molecule has 0 atom stereocenters. The van der Waals surface area contributed by atoms with Gasteiger partial charge in [-0.3, -0.25) is 10.1 Å². The van der Waals surface area contributed by atoms with E-state index < -0.39 is 15.9 Å². The van der Waals surface area contributed by atoms with E-state index in [1.54, 1.807) is 12.1 Å². The zero-order valence-corrected chi connectivity index (χ0v) is 17.8. The molecule has 1 aromatic heterocycles. The molecule has 1 aliphatic rings. The van der Waals surface area contributed by atoms with Crippen LogP contribution in [0.4, 0.5) is 5.13 Å². The molecule has 4 rings (SSSR count). The minimum absolute atomic E-state index is 0.0614. The van der Waals surface area contributed by atoms with Crippen LogP contribution in [0.2, 0.25) is 0 Å². The van der Waals surface area contributed by atoms with Crippen LogP contribution in [0.15, 0.2) is 51.8 Å². The average Bonchev–Trinajstić information content (AvgIpc) is 3.11. The normalized spacial score (nSPS) is 15.6. The highest BCUT2D eigenvalue weighted by atomic mass is 79.9. The predicted molar refractivity (Wildman–Crippen MR) is 111 cm³/mol. The zero-order chi connectivity index (χ0) is 19.7. The Morgan fingerprint density at radius 3 is 2.68 bits per heavy atom. The monoisotopic (exact) mass is 481 g/mol. The standard InChI is InChI=1S/C18H16BrN3O4S2/c19-13-6-5-12(11-16(13)28(24,25)22-7-9-26-10-8-22)17(23)21-18-20-14-3-1-2-4-15(14)27-18/h1-6,11H,7-10H2,(H,20,21,23). The molecular weight excluding hydrogens is 466 g/mol. The van der Waals surface area contributed by atoms with Crippen LogP contribution in [0.5, 0.6) is 0 Å². The first-order chi connectivity index (χ1) is 13.4. The van der Waals surface area contributed by atoms with Crippen molar-refractivity contribution in [3.05, 3.63) is 52.5 Å². The van der Waals surface area contributed by atoms with Crippen LogP contribution in [-0.4, -0.2) is 49.9 Å². The first-order valence-electron chi connectivity index (χ1n) is 8.49. The lowest BCUT2D eigenvalue weighted by molar-refractivity contribution is 0.0730. The Hall–Kier alpha value is -1.85. The molecular formula is C18H16BrN3O4S2. The number of thiazole rings is 1. The van der Waals surface area contributed by atoms with Crippen molar-refractivity contribution in [2.24, 2.45) is 0 Å². The number of hydrogen-bond donors (Lipinski definition) is 1. The zero-order valence-electron chi connectivity index (χ0n) is 14.6. The van der Waals surface area contributed by atoms with Gasteiger partial charge in [0.2, 0.25) is 10.0 Å². The van der Waals surface area contributed by atoms with E-state index in [2.05, 4.69) is 26.2 Å². The molecule has 1 saturated heterocycles. The van der Waals surface area contributed by atoms with Crippen molar-refractivity contribution in [2.45, 2.75) is 4.90 Å². The first-order valence-corrected chi connectivity index (χ1v) is 11.5. The van der Waals surface area contributed by atoms with Gasteiger partial charge in [0.05, 0.1) is 28.3 Å². The Labute approximate surface area is 174 Å². The lowest BCUT2D eigenvalue weighted by atomic mass is 10.2. The van der Waals surface area contributed by atoms with Gasteiger partial charge in [-0.25, -0.2) is 13.4 Å². The lowest BCUT2D eigenvalue weighted by Gasteiger charge is -2.26. The molecule has 2 aromatic carbocycles. The number of aromatic nitrogens is 1. The number of amides is 1. The largest absolute Gasteiger partial charge is 0.379 e. The van der Waals surface area contributed by atoms with E-state index in [-0.39, 0.29) is 23.5 Å². The SMILES string of the molecule is O=C(Nc1nc2ccccc2s1)c1ccc(Br)c(S(=O)(=O)N2CCOCC2)c1. The molecule has 0 aliphatic carbocycles. The van der Waals surface area contributed by atoms with E-state index in [1.165, 1.54) is 21.7 Å². The van der Waals surface area contributed by atoms with Crippen LogP contribution in [-0.2, 0) is 14.8 Å². The van der Waals surface area contributed by atoms with Crippen LogP contribution in [0, 0.1) is 0 Å². The third-order valence-electron chi connectivity index (χ3n) is 4.30. The average molecular weight is 482 g/mol. The summed E-state index contributed by atoms with van der Waals surface area (Å²) in [6.07, 6.45) is 0. The molecule has 1 N–H and O–H groups in total. The first kappa shape index (κ1) is 19.5. The number of benzene rings is 2. The number of nitrogens with zero attached hydrogens (tertiary/aromatic N) is 2. The van der Waals surface area contributed by atoms with Crippen molar-refractivity contribution in [1.29, 1.82) is 0 Å². The summed E-state index contributed by atoms with van der Waals surface area (Å²) in [6, 6.07) is 12.1. The van der Waals surface area contributed by atoms with Gasteiger partial charge in [-0.1, -0.05) is 23.5 Å². The van der Waals surface area contributed by atoms with Gasteiger partial charge < -0.3 is 4.74 Å². The smallest absolute Gasteiger partial charge is 0.257 e. The second-order valence-electron chi connectivity index (χ2n) is 6.10. The fourth-order valence-corrected chi connectivity index (χ4v) is 6.08. The third kappa shape index (κ3) is 3.83. The summed E-state index contributed by atoms with van der Waals surface area (Å²) in [5.41, 5.74) is 1.04. The second-order valence-corrected chi connectivity index (χ2v) is 9.89. The number of ether oxygens (including phenoxy) is 1. The van der Waals surface area contributed by atoms with E-state index in [0.717, 1.165) is 10.2 Å². The lowest BCUT2D eigenvalue weighted by Crippen LogP contribution is -2.40. The number of para-hydroxylation sites is 1. The molecule has 1 amide bonds. The van der Waals surface area contributed by atoms with Crippen LogP contribution >= 0.6 is 27.3 Å². The molecule has 0 unspecified atom stereocenters. The van der Waals surface area contributed by atoms with Crippen molar-refractivity contribution in [3.63, 3.8) is 0 Å². The molecule has 1 fully saturated rings. The van der Waals surface area contributed by atoms with Crippen molar-refractivity contribution >= 4 is 58.5 Å². The molecule has 2 heterocycles. The number of anilines is 1. The summed E-state index contributed by atoms with van der Waals surface area (Å²) < 4.78 is 33.9. The Kier molecular flexibility index (Phi) is 5.48. The third-order valence-corrected chi connectivity index (χ3v) is 8.14. The maximum Gasteiger partial charge on any atom is 0.257 e. The molecule has 0 saturated carbocycles. The summed E-state index contributed by atoms with van der Waals surface area (Å²) in [7, 11) is -3.73. The highest BCUT2D eigenvalue weighted by Crippen LogP contribution is 2.29. The van der Waals surface area contributed by atoms with Gasteiger partial charge in [0.15, 0.2) is 5.13 Å². The van der Waals surface area contributed by atoms with Crippen molar-refractivity contribution < 1.29 is 17.9 Å². The van der Waals surface area contributed by atoms with Gasteiger partial charge in [0, 0.05) is 23.1 Å². The molecule has 7 nitrogen and oxygen atoms in total. The number of hydrogen-bond acceptors (Lipinski definition) is 6. The molecule has 10 heteroatoms. The molecule has 0 radical (unpaired) electrons. The molecule has 146 valence electrons. The fraction of sp³-hybridized carbons (Fsp3) is 0.222. The predicted octanol–water partition coefficient (Wildman–Crippen LogP) is 3.33. The quantitative estimate of drug-likeness (QED) is 0.617. The number of carbonyl (C=O) groups excluding carboxylic acids is 1. The Bertz CT molecular complexity index is 1110. The summed E-state index contributed by atoms with van der Waals surface area (Å²) >= 11 is 4.66. The van der Waals surface area contributed by atoms with Crippen LogP contribution in [0.25, 0.3) is 10.2 Å². The molecule has 0 bridgehead atoms. The number of morpholine rings is 1. The van der Waals surface area contributed by atoms with Gasteiger partial charge in [-0.15, -0.1) is 0 Å². The number of rotatable bonds is 4. The fourth-order valence-electron chi connectivity index (χ4n) is 2.86. The summed E-state index contributed by atoms with van der Waals surface area (Å²) in [6.45, 7) is 1.29. The summed E-state index contributed by atoms with van der Waals surface area (Å²) in [4.78, 5) is 17.1. The summed E-state index contributed by atoms with van der Waals surface area (Å²) in [5, 5.41) is 3.21. The van der Waals surface area contributed by atoms with E-state index in [4.69, 9.17) is 4.74 Å². The minimum atomic E-state index is -3.73. The second kappa shape index (κ2) is 7.88. The Balaban J connectivity index is 1.61. The van der Waals surface area contributed by atoms with Gasteiger partial charge in [-0.05, 0) is 46.3 Å². The van der Waals surface area contributed by atoms with E-state index in [1.807, 2.05) is 24.3 Å². The Morgan fingerprint density at radius 1 is 1.18 bits per heavy atom. The van der Waals surface area contributed by atoms with Crippen molar-refractivity contribution in [1.82, 2.24) is 9.29 Å². The van der Waals surface area contributed by atoms with Gasteiger partial charge in [-0.2, -0.15) is 4.31 Å². The number of sulfonamides is 1. The molecule has 28 heavy (non-hydrogen) atoms. The maximum atomic E-state index is 13.0. The molecule has 3 aromatic rings. The van der Waals surface area contributed by atoms with Gasteiger partial charge in [0.25, 0.3) is 5.91 Å². The van der Waals surface area contributed by atoms with Crippen LogP contribution in [0.3, 0.4) is 0 Å². The molecule has 0 spiro atoms. The number of halogens is 1. The maximum absolute atomic E-state index is 13.0. The number of nitrogens with one attached hydrogen (secondary N) is 1. The number of fused-ring (bicyclic) bond motifs is 1. The Morgan fingerprint density at radius 2 is 1.93 bits per heavy atom. The van der Waals surface area contributed by atoms with Crippen LogP contribution in [0.1, 0.15) is 10.4 Å². The highest BCUT2D eigenvalue weighted by molar-refractivity contribution is 9.10. The summed E-state index contributed by atoms with van der Waals surface area (Å²) in [5.74, 6) is -0.412. The van der Waals surface area contributed by atoms with Crippen LogP contribution < -0.4 is 5.32 Å². The van der Waals surface area contributed by atoms with E-state index in [9.17, 15) is 13.2 Å². The topological polar surface area (TPSA) is 88.6 Å². The van der Waals surface area contributed by atoms with Gasteiger partial charge >= 0.3 is 0 Å². The van der Waals surface area contributed by atoms with Crippen molar-refractivity contribution in [2.75, 3.05) is 31.6 Å². The molecule has 1 aliphatic heterocycles. The van der Waals surface area contributed by atoms with Crippen molar-refractivity contribution in [3.8, 4) is 0 Å². The number of carbonyl (C=O) groups is 1. The van der Waals surface area contributed by atoms with E-state index >= 15 is 0 Å². The minimum Gasteiger partial charge on any atom is -0.379 e. The highest BCUT2D eigenvalue weighted by Gasteiger charge is 2.29. The van der Waals surface area contributed by atoms with E-state index in [0.29, 0.717) is 22.8 Å².